The van der Waals surface area contributed by atoms with E-state index in [9.17, 15) is 0 Å². The van der Waals surface area contributed by atoms with E-state index in [0.29, 0.717) is 5.92 Å². The number of nitriles is 1. The first-order chi connectivity index (χ1) is 8.02. The molecular weight excluding hydrogens is 208 g/mol. The van der Waals surface area contributed by atoms with Gasteiger partial charge in [-0.25, -0.2) is 0 Å². The summed E-state index contributed by atoms with van der Waals surface area (Å²) >= 11 is 0. The van der Waals surface area contributed by atoms with Crippen LogP contribution in [0.2, 0.25) is 0 Å². The van der Waals surface area contributed by atoms with Crippen molar-refractivity contribution in [3.8, 4) is 6.07 Å². The van der Waals surface area contributed by atoms with Gasteiger partial charge in [0, 0.05) is 25.0 Å². The van der Waals surface area contributed by atoms with Gasteiger partial charge in [0.15, 0.2) is 0 Å². The molecule has 0 aromatic rings. The molecule has 0 aromatic carbocycles. The molecule has 1 saturated carbocycles. The lowest BCUT2D eigenvalue weighted by molar-refractivity contribution is 0.117. The van der Waals surface area contributed by atoms with Gasteiger partial charge < -0.3 is 0 Å². The number of nitrogens with zero attached hydrogens (tertiary/aromatic N) is 2. The van der Waals surface area contributed by atoms with Gasteiger partial charge in [-0.3, -0.25) is 4.90 Å². The Kier molecular flexibility index (Phi) is 5.98. The summed E-state index contributed by atoms with van der Waals surface area (Å²) in [6.45, 7) is 11.6. The molecule has 1 aliphatic carbocycles. The molecule has 0 unspecified atom stereocenters. The largest absolute Gasteiger partial charge is 0.300 e. The molecule has 0 bridgehead atoms. The number of rotatable bonds is 5. The summed E-state index contributed by atoms with van der Waals surface area (Å²) in [5.41, 5.74) is 0. The minimum absolute atomic E-state index is 0.325. The van der Waals surface area contributed by atoms with Crippen LogP contribution >= 0.6 is 0 Å². The Morgan fingerprint density at radius 3 is 1.82 bits per heavy atom. The summed E-state index contributed by atoms with van der Waals surface area (Å²) in [6, 6.07) is 3.15. The van der Waals surface area contributed by atoms with E-state index in [1.165, 1.54) is 25.9 Å². The second-order valence-electron chi connectivity index (χ2n) is 6.38. The van der Waals surface area contributed by atoms with Gasteiger partial charge in [-0.2, -0.15) is 5.26 Å². The van der Waals surface area contributed by atoms with Crippen LogP contribution in [0.15, 0.2) is 0 Å². The first-order valence-corrected chi connectivity index (χ1v) is 7.16. The van der Waals surface area contributed by atoms with Gasteiger partial charge in [-0.15, -0.1) is 0 Å². The van der Waals surface area contributed by atoms with E-state index in [1.807, 2.05) is 0 Å². The van der Waals surface area contributed by atoms with Crippen LogP contribution in [0.1, 0.15) is 53.4 Å². The highest BCUT2D eigenvalue weighted by atomic mass is 15.2. The lowest BCUT2D eigenvalue weighted by Gasteiger charge is -2.37. The number of hydrogen-bond acceptors (Lipinski definition) is 2. The third-order valence-electron chi connectivity index (χ3n) is 3.59. The molecule has 1 fully saturated rings. The van der Waals surface area contributed by atoms with Gasteiger partial charge >= 0.3 is 0 Å². The molecule has 2 heteroatoms. The van der Waals surface area contributed by atoms with Gasteiger partial charge in [0.2, 0.25) is 0 Å². The third-order valence-corrected chi connectivity index (χ3v) is 3.59. The van der Waals surface area contributed by atoms with Crippen molar-refractivity contribution in [1.29, 1.82) is 5.26 Å². The predicted molar refractivity (Wildman–Crippen MR) is 72.6 cm³/mol. The summed E-state index contributed by atoms with van der Waals surface area (Å²) < 4.78 is 0. The summed E-state index contributed by atoms with van der Waals surface area (Å²) in [7, 11) is 0. The fourth-order valence-electron chi connectivity index (χ4n) is 2.88. The zero-order valence-corrected chi connectivity index (χ0v) is 11.9. The molecule has 0 saturated heterocycles. The number of hydrogen-bond donors (Lipinski definition) is 0. The van der Waals surface area contributed by atoms with Crippen LogP contribution < -0.4 is 0 Å². The Labute approximate surface area is 107 Å². The molecule has 0 N–H and O–H groups in total. The second-order valence-corrected chi connectivity index (χ2v) is 6.38. The maximum absolute atomic E-state index is 8.94. The van der Waals surface area contributed by atoms with E-state index in [0.717, 1.165) is 30.7 Å². The van der Waals surface area contributed by atoms with Gasteiger partial charge in [0.25, 0.3) is 0 Å². The Balaban J connectivity index is 2.50. The maximum Gasteiger partial charge on any atom is 0.0655 e. The summed E-state index contributed by atoms with van der Waals surface area (Å²) in [5, 5.41) is 8.94. The fourth-order valence-corrected chi connectivity index (χ4v) is 2.88. The molecule has 0 aliphatic heterocycles. The summed E-state index contributed by atoms with van der Waals surface area (Å²) in [4.78, 5) is 2.67. The molecule has 17 heavy (non-hydrogen) atoms. The van der Waals surface area contributed by atoms with Crippen LogP contribution in [0.3, 0.4) is 0 Å². The highest BCUT2D eigenvalue weighted by Gasteiger charge is 2.26. The van der Waals surface area contributed by atoms with Gasteiger partial charge in [0.1, 0.15) is 0 Å². The van der Waals surface area contributed by atoms with E-state index in [2.05, 4.69) is 38.7 Å². The molecular formula is C15H28N2. The van der Waals surface area contributed by atoms with Gasteiger partial charge in [-0.05, 0) is 37.5 Å². The standard InChI is InChI=1S/C15H28N2/c1-12(2)10-17(11-13(3)4)15-7-5-14(9-16)6-8-15/h12-15H,5-8,10-11H2,1-4H3. The molecule has 0 atom stereocenters. The van der Waals surface area contributed by atoms with Crippen molar-refractivity contribution >= 4 is 0 Å². The van der Waals surface area contributed by atoms with Crippen LogP contribution in [0.25, 0.3) is 0 Å². The first-order valence-electron chi connectivity index (χ1n) is 7.16. The van der Waals surface area contributed by atoms with Crippen molar-refractivity contribution in [3.63, 3.8) is 0 Å². The maximum atomic E-state index is 8.94. The second kappa shape index (κ2) is 7.01. The molecule has 1 rings (SSSR count). The van der Waals surface area contributed by atoms with Crippen LogP contribution in [-0.4, -0.2) is 24.0 Å². The zero-order valence-electron chi connectivity index (χ0n) is 11.9. The fraction of sp³-hybridized carbons (Fsp3) is 0.933. The Morgan fingerprint density at radius 2 is 1.47 bits per heavy atom. The topological polar surface area (TPSA) is 27.0 Å². The van der Waals surface area contributed by atoms with E-state index in [4.69, 9.17) is 5.26 Å². The van der Waals surface area contributed by atoms with Crippen LogP contribution in [0, 0.1) is 29.1 Å². The molecule has 2 nitrogen and oxygen atoms in total. The zero-order chi connectivity index (χ0) is 12.8. The smallest absolute Gasteiger partial charge is 0.0655 e. The van der Waals surface area contributed by atoms with Crippen LogP contribution in [0.4, 0.5) is 0 Å². The summed E-state index contributed by atoms with van der Waals surface area (Å²) in [6.07, 6.45) is 4.65. The van der Waals surface area contributed by atoms with Crippen molar-refractivity contribution in [2.45, 2.75) is 59.4 Å². The molecule has 0 aromatic heterocycles. The van der Waals surface area contributed by atoms with Gasteiger partial charge in [0.05, 0.1) is 6.07 Å². The predicted octanol–water partition coefficient (Wildman–Crippen LogP) is 3.68. The quantitative estimate of drug-likeness (QED) is 0.728. The lowest BCUT2D eigenvalue weighted by atomic mass is 9.85. The minimum Gasteiger partial charge on any atom is -0.300 e. The SMILES string of the molecule is CC(C)CN(CC(C)C)C1CCC(C#N)CC1. The van der Waals surface area contributed by atoms with E-state index >= 15 is 0 Å². The van der Waals surface area contributed by atoms with Gasteiger partial charge in [-0.1, -0.05) is 27.7 Å². The van der Waals surface area contributed by atoms with Crippen molar-refractivity contribution in [3.05, 3.63) is 0 Å². The van der Waals surface area contributed by atoms with Crippen molar-refractivity contribution < 1.29 is 0 Å². The molecule has 98 valence electrons. The average molecular weight is 236 g/mol. The first kappa shape index (κ1) is 14.5. The highest BCUT2D eigenvalue weighted by molar-refractivity contribution is 4.90. The van der Waals surface area contributed by atoms with Crippen molar-refractivity contribution in [2.24, 2.45) is 17.8 Å². The molecule has 1 aliphatic rings. The van der Waals surface area contributed by atoms with E-state index in [-0.39, 0.29) is 0 Å². The van der Waals surface area contributed by atoms with E-state index < -0.39 is 0 Å². The van der Waals surface area contributed by atoms with Crippen molar-refractivity contribution in [2.75, 3.05) is 13.1 Å². The third kappa shape index (κ3) is 5.08. The average Bonchev–Trinajstić information content (AvgIpc) is 2.27. The van der Waals surface area contributed by atoms with E-state index in [1.54, 1.807) is 0 Å². The van der Waals surface area contributed by atoms with Crippen LogP contribution in [-0.2, 0) is 0 Å². The summed E-state index contributed by atoms with van der Waals surface area (Å²) in [5.74, 6) is 1.80. The van der Waals surface area contributed by atoms with Crippen LogP contribution in [0.5, 0.6) is 0 Å². The Bertz CT molecular complexity index is 234. The molecule has 0 amide bonds. The monoisotopic (exact) mass is 236 g/mol. The van der Waals surface area contributed by atoms with Crippen molar-refractivity contribution in [1.82, 2.24) is 4.90 Å². The molecule has 0 heterocycles. The Morgan fingerprint density at radius 1 is 1.00 bits per heavy atom. The Hall–Kier alpha value is -0.550. The molecule has 0 radical (unpaired) electrons. The lowest BCUT2D eigenvalue weighted by Crippen LogP contribution is -2.42. The highest BCUT2D eigenvalue weighted by Crippen LogP contribution is 2.28. The normalized spacial score (nSPS) is 25.5. The minimum atomic E-state index is 0.325. The molecule has 0 spiro atoms.